The van der Waals surface area contributed by atoms with Crippen LogP contribution in [0.2, 0.25) is 0 Å². The van der Waals surface area contributed by atoms with E-state index in [0.29, 0.717) is 0 Å². The third kappa shape index (κ3) is 4.65. The minimum atomic E-state index is 1.01. The zero-order valence-electron chi connectivity index (χ0n) is 6.28. The lowest BCUT2D eigenvalue weighted by molar-refractivity contribution is 1.22. The van der Waals surface area contributed by atoms with Crippen LogP contribution in [0.3, 0.4) is 0 Å². The lowest BCUT2D eigenvalue weighted by atomic mass is 10.5. The number of hydrogen-bond donors (Lipinski definition) is 1. The van der Waals surface area contributed by atoms with Crippen LogP contribution in [0.25, 0.3) is 0 Å². The molecule has 0 atom stereocenters. The van der Waals surface area contributed by atoms with E-state index in [4.69, 9.17) is 0 Å². The maximum atomic E-state index is 4.16. The summed E-state index contributed by atoms with van der Waals surface area (Å²) in [4.78, 5) is 1.57. The molecule has 1 rings (SSSR count). The molecular weight excluding hydrogens is 212 g/mol. The Labute approximate surface area is 86.8 Å². The van der Waals surface area contributed by atoms with Crippen LogP contribution in [0.1, 0.15) is 6.42 Å². The average molecular weight is 224 g/mol. The summed E-state index contributed by atoms with van der Waals surface area (Å²) >= 11 is 10.1. The van der Waals surface area contributed by atoms with Crippen LogP contribution in [-0.4, -0.2) is 22.3 Å². The van der Waals surface area contributed by atoms with Crippen LogP contribution in [0.4, 0.5) is 0 Å². The molecule has 0 saturated carbocycles. The van der Waals surface area contributed by atoms with Crippen molar-refractivity contribution < 1.29 is 0 Å². The van der Waals surface area contributed by atoms with Gasteiger partial charge in [-0.2, -0.15) is 24.4 Å². The first-order chi connectivity index (χ1) is 5.43. The summed E-state index contributed by atoms with van der Waals surface area (Å²) in [7, 11) is 0. The summed E-state index contributed by atoms with van der Waals surface area (Å²) in [5.74, 6) is 3.46. The normalized spacial score (nSPS) is 17.0. The van der Waals surface area contributed by atoms with Gasteiger partial charge in [0.1, 0.15) is 0 Å². The topological polar surface area (TPSA) is 0 Å². The van der Waals surface area contributed by atoms with Crippen LogP contribution < -0.4 is 0 Å². The molecule has 0 radical (unpaired) electrons. The van der Waals surface area contributed by atoms with Gasteiger partial charge in [-0.1, -0.05) is 0 Å². The van der Waals surface area contributed by atoms with Crippen LogP contribution in [0, 0.1) is 0 Å². The smallest absolute Gasteiger partial charge is 0.0478 e. The molecule has 1 aliphatic heterocycles. The highest BCUT2D eigenvalue weighted by Gasteiger charge is 2.04. The van der Waals surface area contributed by atoms with Gasteiger partial charge in [-0.3, -0.25) is 0 Å². The predicted molar refractivity (Wildman–Crippen MR) is 63.9 cm³/mol. The number of rotatable bonds is 5. The zero-order valence-corrected chi connectivity index (χ0v) is 9.63. The zero-order chi connectivity index (χ0) is 7.94. The molecule has 0 N–H and O–H groups in total. The Morgan fingerprint density at radius 1 is 1.55 bits per heavy atom. The van der Waals surface area contributed by atoms with Crippen LogP contribution in [0.15, 0.2) is 10.3 Å². The summed E-state index contributed by atoms with van der Waals surface area (Å²) in [5, 5.41) is 3.53. The minimum Gasteiger partial charge on any atom is -0.179 e. The SMILES string of the molecule is SCCSCCC1=CSCS1. The van der Waals surface area contributed by atoms with Crippen molar-refractivity contribution >= 4 is 47.9 Å². The molecule has 4 heteroatoms. The molecule has 1 aliphatic rings. The Kier molecular flexibility index (Phi) is 6.16. The fourth-order valence-corrected chi connectivity index (χ4v) is 4.13. The standard InChI is InChI=1S/C7H12S4/c8-2-4-9-3-1-7-5-10-6-11-7/h5,8H,1-4,6H2. The first kappa shape index (κ1) is 10.2. The van der Waals surface area contributed by atoms with Gasteiger partial charge in [0, 0.05) is 10.8 Å². The Hall–Kier alpha value is 1.14. The molecule has 0 aromatic rings. The van der Waals surface area contributed by atoms with Gasteiger partial charge in [0.25, 0.3) is 0 Å². The second-order valence-electron chi connectivity index (χ2n) is 2.10. The molecular formula is C7H12S4. The van der Waals surface area contributed by atoms with Crippen molar-refractivity contribution in [1.29, 1.82) is 0 Å². The third-order valence-corrected chi connectivity index (χ3v) is 5.08. The molecule has 0 aliphatic carbocycles. The molecule has 0 unspecified atom stereocenters. The number of thioether (sulfide) groups is 3. The van der Waals surface area contributed by atoms with Gasteiger partial charge in [0.15, 0.2) is 0 Å². The highest BCUT2D eigenvalue weighted by molar-refractivity contribution is 8.22. The molecule has 0 amide bonds. The molecule has 64 valence electrons. The first-order valence-corrected chi connectivity index (χ1v) is 7.37. The minimum absolute atomic E-state index is 1.01. The number of thiol groups is 1. The van der Waals surface area contributed by atoms with Crippen molar-refractivity contribution in [3.05, 3.63) is 10.3 Å². The van der Waals surface area contributed by atoms with Crippen LogP contribution >= 0.6 is 47.9 Å². The quantitative estimate of drug-likeness (QED) is 0.562. The van der Waals surface area contributed by atoms with Crippen molar-refractivity contribution in [2.45, 2.75) is 6.42 Å². The molecule has 0 spiro atoms. The molecule has 0 saturated heterocycles. The monoisotopic (exact) mass is 224 g/mol. The van der Waals surface area contributed by atoms with Gasteiger partial charge in [0.2, 0.25) is 0 Å². The fourth-order valence-electron chi connectivity index (χ4n) is 0.741. The molecule has 1 heterocycles. The Bertz CT molecular complexity index is 132. The van der Waals surface area contributed by atoms with E-state index in [1.807, 2.05) is 35.3 Å². The first-order valence-electron chi connectivity index (χ1n) is 3.55. The van der Waals surface area contributed by atoms with Crippen molar-refractivity contribution in [2.24, 2.45) is 0 Å². The highest BCUT2D eigenvalue weighted by Crippen LogP contribution is 2.34. The van der Waals surface area contributed by atoms with Crippen molar-refractivity contribution in [3.63, 3.8) is 0 Å². The highest BCUT2D eigenvalue weighted by atomic mass is 32.2. The summed E-state index contributed by atoms with van der Waals surface area (Å²) in [6, 6.07) is 0. The maximum absolute atomic E-state index is 4.16. The molecule has 0 fully saturated rings. The van der Waals surface area contributed by atoms with Crippen LogP contribution in [0.5, 0.6) is 0 Å². The Morgan fingerprint density at radius 3 is 3.09 bits per heavy atom. The number of hydrogen-bond acceptors (Lipinski definition) is 4. The van der Waals surface area contributed by atoms with E-state index in [1.54, 1.807) is 4.91 Å². The Balaban J connectivity index is 1.94. The van der Waals surface area contributed by atoms with E-state index in [2.05, 4.69) is 18.0 Å². The summed E-state index contributed by atoms with van der Waals surface area (Å²) in [6.07, 6.45) is 1.26. The summed E-state index contributed by atoms with van der Waals surface area (Å²) in [6.45, 7) is 0. The Morgan fingerprint density at radius 2 is 2.45 bits per heavy atom. The van der Waals surface area contributed by atoms with Gasteiger partial charge in [-0.25, -0.2) is 0 Å². The molecule has 0 nitrogen and oxygen atoms in total. The second kappa shape index (κ2) is 6.63. The fraction of sp³-hybridized carbons (Fsp3) is 0.714. The van der Waals surface area contributed by atoms with E-state index >= 15 is 0 Å². The molecule has 0 aromatic carbocycles. The van der Waals surface area contributed by atoms with E-state index < -0.39 is 0 Å². The van der Waals surface area contributed by atoms with Crippen molar-refractivity contribution in [3.8, 4) is 0 Å². The maximum Gasteiger partial charge on any atom is 0.0478 e. The van der Waals surface area contributed by atoms with Gasteiger partial charge in [0.05, 0.1) is 0 Å². The van der Waals surface area contributed by atoms with E-state index in [9.17, 15) is 0 Å². The number of allylic oxidation sites excluding steroid dienone is 1. The molecule has 0 bridgehead atoms. The predicted octanol–water partition coefficient (Wildman–Crippen LogP) is 3.32. The summed E-state index contributed by atoms with van der Waals surface area (Å²) in [5.41, 5.74) is 0. The van der Waals surface area contributed by atoms with Gasteiger partial charge >= 0.3 is 0 Å². The second-order valence-corrected chi connectivity index (χ2v) is 6.10. The van der Waals surface area contributed by atoms with Gasteiger partial charge in [-0.15, -0.1) is 23.5 Å². The van der Waals surface area contributed by atoms with E-state index in [1.165, 1.54) is 23.0 Å². The van der Waals surface area contributed by atoms with E-state index in [-0.39, 0.29) is 0 Å². The van der Waals surface area contributed by atoms with E-state index in [0.717, 1.165) is 5.75 Å². The van der Waals surface area contributed by atoms with Gasteiger partial charge in [-0.05, 0) is 28.2 Å². The summed E-state index contributed by atoms with van der Waals surface area (Å²) < 4.78 is 0. The lowest BCUT2D eigenvalue weighted by Crippen LogP contribution is -1.84. The molecule has 11 heavy (non-hydrogen) atoms. The van der Waals surface area contributed by atoms with Crippen molar-refractivity contribution in [2.75, 3.05) is 22.3 Å². The largest absolute Gasteiger partial charge is 0.179 e. The van der Waals surface area contributed by atoms with Crippen LogP contribution in [-0.2, 0) is 0 Å². The average Bonchev–Trinajstić information content (AvgIpc) is 2.50. The third-order valence-electron chi connectivity index (χ3n) is 1.26. The molecule has 0 aromatic heterocycles. The van der Waals surface area contributed by atoms with Crippen molar-refractivity contribution in [1.82, 2.24) is 0 Å². The van der Waals surface area contributed by atoms with Gasteiger partial charge < -0.3 is 0 Å². The lowest BCUT2D eigenvalue weighted by Gasteiger charge is -1.98.